The van der Waals surface area contributed by atoms with E-state index >= 15 is 0 Å². The first-order valence-electron chi connectivity index (χ1n) is 6.79. The van der Waals surface area contributed by atoms with Crippen molar-refractivity contribution in [3.63, 3.8) is 0 Å². The van der Waals surface area contributed by atoms with Gasteiger partial charge in [-0.3, -0.25) is 0 Å². The van der Waals surface area contributed by atoms with E-state index in [2.05, 4.69) is 6.92 Å². The van der Waals surface area contributed by atoms with Crippen LogP contribution < -0.4 is 4.74 Å². The fourth-order valence-corrected chi connectivity index (χ4v) is 2.78. The van der Waals surface area contributed by atoms with Crippen LogP contribution in [-0.4, -0.2) is 17.2 Å². The molecular weight excluding hydrogens is 264 g/mol. The molecule has 1 aromatic carbocycles. The number of halogens is 1. The normalized spacial score (nSPS) is 23.1. The summed E-state index contributed by atoms with van der Waals surface area (Å²) in [6.45, 7) is 2.22. The predicted molar refractivity (Wildman–Crippen MR) is 75.1 cm³/mol. The highest BCUT2D eigenvalue weighted by molar-refractivity contribution is 6.31. The lowest BCUT2D eigenvalue weighted by molar-refractivity contribution is 0.0683. The van der Waals surface area contributed by atoms with Crippen LogP contribution >= 0.6 is 11.6 Å². The maximum atomic E-state index is 11.2. The minimum atomic E-state index is -1.00. The van der Waals surface area contributed by atoms with Crippen LogP contribution in [0.3, 0.4) is 0 Å². The first-order chi connectivity index (χ1) is 9.10. The summed E-state index contributed by atoms with van der Waals surface area (Å²) in [4.78, 5) is 11.2. The summed E-state index contributed by atoms with van der Waals surface area (Å²) in [6, 6.07) is 4.76. The largest absolute Gasteiger partial charge is 0.490 e. The average molecular weight is 283 g/mol. The molecule has 0 bridgehead atoms. The second-order valence-electron chi connectivity index (χ2n) is 5.11. The molecule has 0 heterocycles. The van der Waals surface area contributed by atoms with Crippen LogP contribution in [0.1, 0.15) is 49.4 Å². The van der Waals surface area contributed by atoms with Gasteiger partial charge in [-0.05, 0) is 49.8 Å². The van der Waals surface area contributed by atoms with Crippen molar-refractivity contribution in [3.8, 4) is 5.75 Å². The summed E-state index contributed by atoms with van der Waals surface area (Å²) < 4.78 is 5.86. The summed E-state index contributed by atoms with van der Waals surface area (Å²) in [5.74, 6) is 0.223. The van der Waals surface area contributed by atoms with Gasteiger partial charge >= 0.3 is 5.97 Å². The van der Waals surface area contributed by atoms with Crippen molar-refractivity contribution in [1.82, 2.24) is 0 Å². The van der Waals surface area contributed by atoms with Gasteiger partial charge in [0.25, 0.3) is 0 Å². The van der Waals surface area contributed by atoms with Crippen molar-refractivity contribution >= 4 is 17.6 Å². The zero-order valence-electron chi connectivity index (χ0n) is 11.1. The number of benzene rings is 1. The lowest BCUT2D eigenvalue weighted by Crippen LogP contribution is -2.24. The van der Waals surface area contributed by atoms with E-state index in [4.69, 9.17) is 21.4 Å². The number of rotatable bonds is 4. The molecule has 2 rings (SSSR count). The molecule has 0 aliphatic heterocycles. The fraction of sp³-hybridized carbons (Fsp3) is 0.533. The van der Waals surface area contributed by atoms with Gasteiger partial charge in [0, 0.05) is 5.02 Å². The Morgan fingerprint density at radius 2 is 2.05 bits per heavy atom. The van der Waals surface area contributed by atoms with Gasteiger partial charge < -0.3 is 9.84 Å². The van der Waals surface area contributed by atoms with Crippen LogP contribution in [-0.2, 0) is 0 Å². The standard InChI is InChI=1S/C15H19ClO3/c1-2-10-3-6-12(7-4-10)19-14-8-5-11(16)9-13(14)15(17)18/h5,8-10,12H,2-4,6-7H2,1H3,(H,17,18). The maximum absolute atomic E-state index is 11.2. The van der Waals surface area contributed by atoms with Crippen LogP contribution in [0.15, 0.2) is 18.2 Å². The molecule has 0 saturated heterocycles. The zero-order valence-corrected chi connectivity index (χ0v) is 11.8. The van der Waals surface area contributed by atoms with E-state index in [9.17, 15) is 4.79 Å². The van der Waals surface area contributed by atoms with Gasteiger partial charge in [0.05, 0.1) is 6.10 Å². The highest BCUT2D eigenvalue weighted by Crippen LogP contribution is 2.31. The highest BCUT2D eigenvalue weighted by atomic mass is 35.5. The fourth-order valence-electron chi connectivity index (χ4n) is 2.61. The third kappa shape index (κ3) is 3.63. The Labute approximate surface area is 118 Å². The highest BCUT2D eigenvalue weighted by Gasteiger charge is 2.23. The molecule has 3 nitrogen and oxygen atoms in total. The topological polar surface area (TPSA) is 46.5 Å². The molecule has 1 fully saturated rings. The van der Waals surface area contributed by atoms with Gasteiger partial charge in [-0.1, -0.05) is 24.9 Å². The molecule has 0 atom stereocenters. The van der Waals surface area contributed by atoms with Crippen molar-refractivity contribution < 1.29 is 14.6 Å². The minimum absolute atomic E-state index is 0.127. The first-order valence-corrected chi connectivity index (χ1v) is 7.17. The third-order valence-corrected chi connectivity index (χ3v) is 4.07. The number of carboxylic acids is 1. The van der Waals surface area contributed by atoms with Gasteiger partial charge in [0.1, 0.15) is 11.3 Å². The SMILES string of the molecule is CCC1CCC(Oc2ccc(Cl)cc2C(=O)O)CC1. The lowest BCUT2D eigenvalue weighted by Gasteiger charge is -2.28. The molecule has 1 aliphatic carbocycles. The Bertz CT molecular complexity index is 451. The average Bonchev–Trinajstić information content (AvgIpc) is 2.41. The van der Waals surface area contributed by atoms with Crippen LogP contribution in [0, 0.1) is 5.92 Å². The van der Waals surface area contributed by atoms with Crippen LogP contribution in [0.5, 0.6) is 5.75 Å². The number of carboxylic acid groups (broad SMARTS) is 1. The molecule has 0 amide bonds. The smallest absolute Gasteiger partial charge is 0.339 e. The number of hydrogen-bond donors (Lipinski definition) is 1. The Hall–Kier alpha value is -1.22. The summed E-state index contributed by atoms with van der Waals surface area (Å²) in [7, 11) is 0. The molecule has 4 heteroatoms. The number of ether oxygens (including phenoxy) is 1. The van der Waals surface area contributed by atoms with E-state index in [0.29, 0.717) is 10.8 Å². The molecule has 0 radical (unpaired) electrons. The molecule has 0 aromatic heterocycles. The summed E-state index contributed by atoms with van der Waals surface area (Å²) in [5.41, 5.74) is 0.144. The van der Waals surface area contributed by atoms with Crippen LogP contribution in [0.25, 0.3) is 0 Å². The van der Waals surface area contributed by atoms with Gasteiger partial charge in [-0.2, -0.15) is 0 Å². The molecule has 1 aromatic rings. The Morgan fingerprint density at radius 1 is 1.37 bits per heavy atom. The second kappa shape index (κ2) is 6.29. The maximum Gasteiger partial charge on any atom is 0.339 e. The minimum Gasteiger partial charge on any atom is -0.490 e. The molecule has 19 heavy (non-hydrogen) atoms. The molecule has 0 spiro atoms. The van der Waals surface area contributed by atoms with E-state index in [0.717, 1.165) is 31.6 Å². The van der Waals surface area contributed by atoms with Gasteiger partial charge in [0.2, 0.25) is 0 Å². The van der Waals surface area contributed by atoms with E-state index in [1.54, 1.807) is 12.1 Å². The van der Waals surface area contributed by atoms with E-state index in [1.807, 2.05) is 0 Å². The number of carbonyl (C=O) groups is 1. The van der Waals surface area contributed by atoms with E-state index in [1.165, 1.54) is 12.5 Å². The third-order valence-electron chi connectivity index (χ3n) is 3.84. The second-order valence-corrected chi connectivity index (χ2v) is 5.55. The van der Waals surface area contributed by atoms with Crippen LogP contribution in [0.4, 0.5) is 0 Å². The predicted octanol–water partition coefficient (Wildman–Crippen LogP) is 4.39. The summed E-state index contributed by atoms with van der Waals surface area (Å²) >= 11 is 5.82. The van der Waals surface area contributed by atoms with Gasteiger partial charge in [0.15, 0.2) is 0 Å². The quantitative estimate of drug-likeness (QED) is 0.891. The summed E-state index contributed by atoms with van der Waals surface area (Å²) in [5, 5.41) is 9.58. The summed E-state index contributed by atoms with van der Waals surface area (Å²) in [6.07, 6.45) is 5.67. The lowest BCUT2D eigenvalue weighted by atomic mass is 9.86. The van der Waals surface area contributed by atoms with Crippen LogP contribution in [0.2, 0.25) is 5.02 Å². The van der Waals surface area contributed by atoms with Crippen molar-refractivity contribution in [2.24, 2.45) is 5.92 Å². The van der Waals surface area contributed by atoms with Gasteiger partial charge in [-0.15, -0.1) is 0 Å². The van der Waals surface area contributed by atoms with E-state index < -0.39 is 5.97 Å². The monoisotopic (exact) mass is 282 g/mol. The van der Waals surface area contributed by atoms with Crippen molar-refractivity contribution in [3.05, 3.63) is 28.8 Å². The number of aromatic carboxylic acids is 1. The van der Waals surface area contributed by atoms with Gasteiger partial charge in [-0.25, -0.2) is 4.79 Å². The molecule has 1 N–H and O–H groups in total. The molecular formula is C15H19ClO3. The Morgan fingerprint density at radius 3 is 2.63 bits per heavy atom. The molecule has 104 valence electrons. The molecule has 1 aliphatic rings. The van der Waals surface area contributed by atoms with Crippen molar-refractivity contribution in [2.75, 3.05) is 0 Å². The number of hydrogen-bond acceptors (Lipinski definition) is 2. The molecule has 0 unspecified atom stereocenters. The Kier molecular flexibility index (Phi) is 4.70. The first kappa shape index (κ1) is 14.2. The van der Waals surface area contributed by atoms with Crippen molar-refractivity contribution in [1.29, 1.82) is 0 Å². The molecule has 1 saturated carbocycles. The zero-order chi connectivity index (χ0) is 13.8. The Balaban J connectivity index is 2.05. The van der Waals surface area contributed by atoms with Crippen molar-refractivity contribution in [2.45, 2.75) is 45.1 Å². The van der Waals surface area contributed by atoms with E-state index in [-0.39, 0.29) is 11.7 Å².